The zero-order valence-corrected chi connectivity index (χ0v) is 11.0. The van der Waals surface area contributed by atoms with Crippen LogP contribution in [0, 0.1) is 0 Å². The predicted octanol–water partition coefficient (Wildman–Crippen LogP) is 1.18. The predicted molar refractivity (Wildman–Crippen MR) is 72.7 cm³/mol. The fourth-order valence-electron chi connectivity index (χ4n) is 1.48. The Morgan fingerprint density at radius 1 is 1.39 bits per heavy atom. The lowest BCUT2D eigenvalue weighted by molar-refractivity contribution is -0.131. The summed E-state index contributed by atoms with van der Waals surface area (Å²) in [6.45, 7) is 1.74. The Morgan fingerprint density at radius 3 is 2.72 bits per heavy atom. The topological polar surface area (TPSA) is 56.7 Å². The van der Waals surface area contributed by atoms with Gasteiger partial charge in [-0.15, -0.1) is 0 Å². The minimum atomic E-state index is -0.958. The van der Waals surface area contributed by atoms with E-state index >= 15 is 0 Å². The number of hydrogen-bond donors (Lipinski definition) is 1. The van der Waals surface area contributed by atoms with Gasteiger partial charge in [-0.05, 0) is 32.3 Å². The van der Waals surface area contributed by atoms with Crippen LogP contribution in [-0.4, -0.2) is 55.2 Å². The SMILES string of the molecule is CN(C)CCN(C)c1ncccc1/C=C/C(=O)O. The van der Waals surface area contributed by atoms with Gasteiger partial charge in [0.25, 0.3) is 0 Å². The molecule has 0 amide bonds. The van der Waals surface area contributed by atoms with Crippen LogP contribution in [0.1, 0.15) is 5.56 Å². The van der Waals surface area contributed by atoms with Crippen molar-refractivity contribution >= 4 is 17.9 Å². The van der Waals surface area contributed by atoms with Gasteiger partial charge in [-0.2, -0.15) is 0 Å². The smallest absolute Gasteiger partial charge is 0.328 e. The Kier molecular flexibility index (Phi) is 5.32. The number of aliphatic carboxylic acids is 1. The molecule has 1 heterocycles. The van der Waals surface area contributed by atoms with Gasteiger partial charge in [0.1, 0.15) is 5.82 Å². The molecule has 0 aliphatic heterocycles. The number of likely N-dealkylation sites (N-methyl/N-ethyl adjacent to an activating group) is 2. The quantitative estimate of drug-likeness (QED) is 0.767. The summed E-state index contributed by atoms with van der Waals surface area (Å²) in [5.74, 6) is -0.169. The van der Waals surface area contributed by atoms with E-state index in [1.807, 2.05) is 32.1 Å². The van der Waals surface area contributed by atoms with Gasteiger partial charge < -0.3 is 14.9 Å². The van der Waals surface area contributed by atoms with Gasteiger partial charge in [0.2, 0.25) is 0 Å². The van der Waals surface area contributed by atoms with Gasteiger partial charge in [0.15, 0.2) is 0 Å². The van der Waals surface area contributed by atoms with E-state index in [1.165, 1.54) is 0 Å². The molecule has 18 heavy (non-hydrogen) atoms. The first-order chi connectivity index (χ1) is 8.50. The highest BCUT2D eigenvalue weighted by atomic mass is 16.4. The van der Waals surface area contributed by atoms with Crippen molar-refractivity contribution in [2.24, 2.45) is 0 Å². The van der Waals surface area contributed by atoms with E-state index in [-0.39, 0.29) is 0 Å². The van der Waals surface area contributed by atoms with Gasteiger partial charge in [-0.25, -0.2) is 9.78 Å². The Bertz CT molecular complexity index is 430. The van der Waals surface area contributed by atoms with Crippen molar-refractivity contribution in [2.75, 3.05) is 39.1 Å². The van der Waals surface area contributed by atoms with E-state index in [0.717, 1.165) is 30.5 Å². The van der Waals surface area contributed by atoms with Crippen LogP contribution >= 0.6 is 0 Å². The molecule has 0 bridgehead atoms. The zero-order valence-electron chi connectivity index (χ0n) is 11.0. The van der Waals surface area contributed by atoms with Crippen molar-refractivity contribution in [1.82, 2.24) is 9.88 Å². The molecule has 1 N–H and O–H groups in total. The summed E-state index contributed by atoms with van der Waals surface area (Å²) in [5.41, 5.74) is 0.807. The van der Waals surface area contributed by atoms with Crippen molar-refractivity contribution < 1.29 is 9.90 Å². The fourth-order valence-corrected chi connectivity index (χ4v) is 1.48. The number of carboxylic acids is 1. The molecule has 5 heteroatoms. The zero-order chi connectivity index (χ0) is 13.5. The lowest BCUT2D eigenvalue weighted by Crippen LogP contribution is -2.29. The molecule has 98 valence electrons. The van der Waals surface area contributed by atoms with Crippen LogP contribution in [0.25, 0.3) is 6.08 Å². The lowest BCUT2D eigenvalue weighted by Gasteiger charge is -2.22. The summed E-state index contributed by atoms with van der Waals surface area (Å²) in [4.78, 5) is 18.9. The Hall–Kier alpha value is -1.88. The summed E-state index contributed by atoms with van der Waals surface area (Å²) in [6, 6.07) is 3.65. The van der Waals surface area contributed by atoms with E-state index in [4.69, 9.17) is 5.11 Å². The third kappa shape index (κ3) is 4.55. The van der Waals surface area contributed by atoms with Gasteiger partial charge in [0, 0.05) is 38.0 Å². The summed E-state index contributed by atoms with van der Waals surface area (Å²) in [5, 5.41) is 8.65. The number of aromatic nitrogens is 1. The third-order valence-electron chi connectivity index (χ3n) is 2.47. The number of rotatable bonds is 6. The highest BCUT2D eigenvalue weighted by Gasteiger charge is 2.07. The summed E-state index contributed by atoms with van der Waals surface area (Å²) < 4.78 is 0. The number of anilines is 1. The molecule has 0 aliphatic rings. The Labute approximate surface area is 107 Å². The first kappa shape index (κ1) is 14.2. The van der Waals surface area contributed by atoms with Gasteiger partial charge in [-0.3, -0.25) is 0 Å². The van der Waals surface area contributed by atoms with Crippen molar-refractivity contribution in [2.45, 2.75) is 0 Å². The molecule has 0 saturated heterocycles. The van der Waals surface area contributed by atoms with Gasteiger partial charge >= 0.3 is 5.97 Å². The Morgan fingerprint density at radius 2 is 2.11 bits per heavy atom. The molecule has 0 fully saturated rings. The molecule has 1 aromatic rings. The van der Waals surface area contributed by atoms with Crippen LogP contribution in [0.15, 0.2) is 24.4 Å². The van der Waals surface area contributed by atoms with Crippen molar-refractivity contribution in [3.8, 4) is 0 Å². The van der Waals surface area contributed by atoms with E-state index in [2.05, 4.69) is 9.88 Å². The maximum Gasteiger partial charge on any atom is 0.328 e. The van der Waals surface area contributed by atoms with Gasteiger partial charge in [-0.1, -0.05) is 0 Å². The summed E-state index contributed by atoms with van der Waals surface area (Å²) in [6.07, 6.45) is 4.40. The second-order valence-electron chi connectivity index (χ2n) is 4.31. The van der Waals surface area contributed by atoms with E-state index in [1.54, 1.807) is 18.3 Å². The standard InChI is InChI=1S/C13H19N3O2/c1-15(2)9-10-16(3)13-11(5-4-8-14-13)6-7-12(17)18/h4-8H,9-10H2,1-3H3,(H,17,18)/b7-6+. The second kappa shape index (κ2) is 6.76. The second-order valence-corrected chi connectivity index (χ2v) is 4.31. The first-order valence-electron chi connectivity index (χ1n) is 5.72. The first-order valence-corrected chi connectivity index (χ1v) is 5.72. The molecule has 0 spiro atoms. The Balaban J connectivity index is 2.84. The minimum absolute atomic E-state index is 0.789. The van der Waals surface area contributed by atoms with E-state index in [0.29, 0.717) is 0 Å². The average Bonchev–Trinajstić information content (AvgIpc) is 2.33. The molecule has 0 atom stereocenters. The molecule has 0 aliphatic carbocycles. The van der Waals surface area contributed by atoms with Crippen LogP contribution in [-0.2, 0) is 4.79 Å². The molecule has 1 rings (SSSR count). The highest BCUT2D eigenvalue weighted by molar-refractivity contribution is 5.86. The number of nitrogens with zero attached hydrogens (tertiary/aromatic N) is 3. The molecule has 0 unspecified atom stereocenters. The van der Waals surface area contributed by atoms with Crippen LogP contribution in [0.3, 0.4) is 0 Å². The van der Waals surface area contributed by atoms with Crippen molar-refractivity contribution in [1.29, 1.82) is 0 Å². The molecule has 0 radical (unpaired) electrons. The average molecular weight is 249 g/mol. The monoisotopic (exact) mass is 249 g/mol. The van der Waals surface area contributed by atoms with Crippen LogP contribution in [0.4, 0.5) is 5.82 Å². The van der Waals surface area contributed by atoms with Crippen molar-refractivity contribution in [3.05, 3.63) is 30.0 Å². The largest absolute Gasteiger partial charge is 0.478 e. The van der Waals surface area contributed by atoms with Crippen molar-refractivity contribution in [3.63, 3.8) is 0 Å². The number of carbonyl (C=O) groups is 1. The number of hydrogen-bond acceptors (Lipinski definition) is 4. The maximum absolute atomic E-state index is 10.5. The summed E-state index contributed by atoms with van der Waals surface area (Å²) >= 11 is 0. The molecule has 1 aromatic heterocycles. The lowest BCUT2D eigenvalue weighted by atomic mass is 10.2. The van der Waals surface area contributed by atoms with Crippen LogP contribution in [0.5, 0.6) is 0 Å². The summed E-state index contributed by atoms with van der Waals surface area (Å²) in [7, 11) is 5.97. The molecule has 5 nitrogen and oxygen atoms in total. The van der Waals surface area contributed by atoms with Crippen LogP contribution < -0.4 is 4.90 Å². The van der Waals surface area contributed by atoms with E-state index < -0.39 is 5.97 Å². The normalized spacial score (nSPS) is 11.1. The molecule has 0 aromatic carbocycles. The minimum Gasteiger partial charge on any atom is -0.478 e. The maximum atomic E-state index is 10.5. The number of pyridine rings is 1. The molecular formula is C13H19N3O2. The van der Waals surface area contributed by atoms with Crippen LogP contribution in [0.2, 0.25) is 0 Å². The highest BCUT2D eigenvalue weighted by Crippen LogP contribution is 2.17. The molecule has 0 saturated carbocycles. The van der Waals surface area contributed by atoms with Gasteiger partial charge in [0.05, 0.1) is 0 Å². The third-order valence-corrected chi connectivity index (χ3v) is 2.47. The fraction of sp³-hybridized carbons (Fsp3) is 0.385. The molecular weight excluding hydrogens is 230 g/mol. The number of carboxylic acid groups (broad SMARTS) is 1. The van der Waals surface area contributed by atoms with E-state index in [9.17, 15) is 4.79 Å².